The third kappa shape index (κ3) is 8.87. The number of pyridine rings is 1. The molecule has 3 heterocycles. The Morgan fingerprint density at radius 2 is 1.57 bits per heavy atom. The minimum Gasteiger partial charge on any atom is -0.346 e. The quantitative estimate of drug-likeness (QED) is 0.0872. The Morgan fingerprint density at radius 3 is 2.18 bits per heavy atom. The second-order valence-corrected chi connectivity index (χ2v) is 24.7. The molecule has 3 fully saturated rings. The van der Waals surface area contributed by atoms with Crippen LogP contribution in [0.2, 0.25) is 5.02 Å². The highest BCUT2D eigenvalue weighted by Crippen LogP contribution is 2.64. The number of halogens is 11. The van der Waals surface area contributed by atoms with Crippen molar-refractivity contribution < 1.29 is 65.5 Å². The Balaban J connectivity index is 1.20. The minimum atomic E-state index is -5.19. The number of carbonyl (C=O) groups excluding carboxylic acids is 1. The van der Waals surface area contributed by atoms with E-state index >= 15 is 8.78 Å². The van der Waals surface area contributed by atoms with Crippen molar-refractivity contribution in [3.63, 3.8) is 0 Å². The van der Waals surface area contributed by atoms with Crippen LogP contribution in [0.25, 0.3) is 22.0 Å². The Labute approximate surface area is 410 Å². The first-order valence-electron chi connectivity index (χ1n) is 23.0. The van der Waals surface area contributed by atoms with Gasteiger partial charge in [-0.25, -0.2) is 30.6 Å². The zero-order valence-corrected chi connectivity index (χ0v) is 40.4. The number of benzene rings is 2. The van der Waals surface area contributed by atoms with Crippen LogP contribution in [0.4, 0.5) is 49.7 Å². The number of sulfonamides is 1. The summed E-state index contributed by atoms with van der Waals surface area (Å²) in [5, 5.41) is 8.14. The van der Waals surface area contributed by atoms with Gasteiger partial charge in [0.2, 0.25) is 15.9 Å². The summed E-state index contributed by atoms with van der Waals surface area (Å²) in [7, 11) is -8.02. The van der Waals surface area contributed by atoms with Gasteiger partial charge in [-0.2, -0.15) is 45.3 Å². The molecule has 1 amide bonds. The highest BCUT2D eigenvalue weighted by molar-refractivity contribution is 7.94. The summed E-state index contributed by atoms with van der Waals surface area (Å²) in [5.41, 5.74) is -3.59. The Kier molecular flexibility index (Phi) is 11.9. The summed E-state index contributed by atoms with van der Waals surface area (Å²) in [6, 6.07) is 3.22. The number of sulfone groups is 1. The number of rotatable bonds is 13. The van der Waals surface area contributed by atoms with Gasteiger partial charge in [0.1, 0.15) is 40.9 Å². The van der Waals surface area contributed by atoms with Gasteiger partial charge in [-0.05, 0) is 125 Å². The molecule has 0 saturated heterocycles. The van der Waals surface area contributed by atoms with E-state index in [-0.39, 0.29) is 87.2 Å². The Bertz CT molecular complexity index is 3390. The fraction of sp³-hybridized carbons (Fsp3) is 0.489. The first-order chi connectivity index (χ1) is 33.6. The number of hydrogen-bond donors (Lipinski definition) is 2. The van der Waals surface area contributed by atoms with Gasteiger partial charge in [0.25, 0.3) is 5.92 Å². The lowest BCUT2D eigenvalue weighted by molar-refractivity contribution is -0.144. The number of anilines is 1. The first-order valence-corrected chi connectivity index (χ1v) is 26.4. The van der Waals surface area contributed by atoms with Gasteiger partial charge < -0.3 is 5.32 Å². The number of alkyl halides is 8. The van der Waals surface area contributed by atoms with Crippen LogP contribution in [0.15, 0.2) is 30.3 Å². The maximum absolute atomic E-state index is 15.9. The van der Waals surface area contributed by atoms with E-state index in [0.717, 1.165) is 12.1 Å². The molecule has 384 valence electrons. The molecule has 3 aromatic heterocycles. The second-order valence-electron chi connectivity index (χ2n) is 19.6. The molecular weight excluding hydrogens is 1030 g/mol. The summed E-state index contributed by atoms with van der Waals surface area (Å²) in [6.45, 7) is -0.228. The maximum Gasteiger partial charge on any atom is 0.435 e. The zero-order chi connectivity index (χ0) is 51.8. The van der Waals surface area contributed by atoms with Crippen LogP contribution >= 0.6 is 11.6 Å². The summed E-state index contributed by atoms with van der Waals surface area (Å²) < 4.78 is 204. The van der Waals surface area contributed by atoms with Crippen molar-refractivity contribution in [1.29, 1.82) is 0 Å². The number of nitrogens with zero attached hydrogens (tertiary/aromatic N) is 5. The van der Waals surface area contributed by atoms with Crippen LogP contribution in [-0.2, 0) is 69.1 Å². The van der Waals surface area contributed by atoms with Gasteiger partial charge in [0, 0.05) is 28.7 Å². The van der Waals surface area contributed by atoms with Crippen molar-refractivity contribution in [1.82, 2.24) is 29.9 Å². The lowest BCUT2D eigenvalue weighted by atomic mass is 9.73. The first kappa shape index (κ1) is 50.1. The van der Waals surface area contributed by atoms with Crippen molar-refractivity contribution in [3.05, 3.63) is 92.0 Å². The third-order valence-electron chi connectivity index (χ3n) is 14.1. The van der Waals surface area contributed by atoms with E-state index in [1.165, 1.54) is 26.0 Å². The number of carbonyl (C=O) groups is 1. The zero-order valence-electron chi connectivity index (χ0n) is 38.0. The molecule has 72 heavy (non-hydrogen) atoms. The lowest BCUT2D eigenvalue weighted by Gasteiger charge is -2.34. The number of amides is 1. The Hall–Kier alpha value is -5.41. The molecule has 0 unspecified atom stereocenters. The van der Waals surface area contributed by atoms with E-state index < -0.39 is 131 Å². The van der Waals surface area contributed by atoms with Crippen molar-refractivity contribution in [3.8, 4) is 23.0 Å². The summed E-state index contributed by atoms with van der Waals surface area (Å²) >= 11 is 6.70. The van der Waals surface area contributed by atoms with Crippen LogP contribution in [0, 0.1) is 29.4 Å². The molecule has 25 heteroatoms. The topological polar surface area (TPSA) is 158 Å². The van der Waals surface area contributed by atoms with Gasteiger partial charge >= 0.3 is 12.4 Å². The van der Waals surface area contributed by atoms with E-state index in [1.807, 2.05) is 0 Å². The van der Waals surface area contributed by atoms with Crippen LogP contribution in [0.5, 0.6) is 0 Å². The lowest BCUT2D eigenvalue weighted by Crippen LogP contribution is -2.37. The molecular formula is C47H42ClF10N7O5S2. The molecule has 3 atom stereocenters. The van der Waals surface area contributed by atoms with Crippen LogP contribution in [-0.4, -0.2) is 68.7 Å². The minimum absolute atomic E-state index is 0.0101. The monoisotopic (exact) mass is 1070 g/mol. The summed E-state index contributed by atoms with van der Waals surface area (Å²) in [4.78, 5) is 19.3. The van der Waals surface area contributed by atoms with Gasteiger partial charge in [-0.1, -0.05) is 23.6 Å². The fourth-order valence-corrected chi connectivity index (χ4v) is 13.7. The smallest absolute Gasteiger partial charge is 0.346 e. The predicted molar refractivity (Wildman–Crippen MR) is 242 cm³/mol. The van der Waals surface area contributed by atoms with E-state index in [1.54, 1.807) is 0 Å². The predicted octanol–water partition coefficient (Wildman–Crippen LogP) is 9.61. The van der Waals surface area contributed by atoms with Crippen LogP contribution in [0.3, 0.4) is 0 Å². The fourth-order valence-electron chi connectivity index (χ4n) is 10.4. The van der Waals surface area contributed by atoms with Crippen molar-refractivity contribution in [2.75, 3.05) is 4.72 Å². The highest BCUT2D eigenvalue weighted by Gasteiger charge is 2.63. The van der Waals surface area contributed by atoms with Crippen LogP contribution in [0.1, 0.15) is 116 Å². The number of aromatic nitrogens is 5. The van der Waals surface area contributed by atoms with Crippen molar-refractivity contribution in [2.24, 2.45) is 5.92 Å². The van der Waals surface area contributed by atoms with E-state index in [2.05, 4.69) is 32.1 Å². The van der Waals surface area contributed by atoms with E-state index in [0.29, 0.717) is 41.1 Å². The van der Waals surface area contributed by atoms with Crippen LogP contribution < -0.4 is 10.0 Å². The van der Waals surface area contributed by atoms with Gasteiger partial charge in [-0.15, -0.1) is 0 Å². The molecule has 12 nitrogen and oxygen atoms in total. The largest absolute Gasteiger partial charge is 0.435 e. The molecule has 0 radical (unpaired) electrons. The standard InChI is InChI=1S/C47H42ClF10N7O5S2/c1-44(2,71(67,68)25-6-7-25)15-14-33-27-4-3-5-28(27)36(30-11-13-32(48)38-40(30)65(21-45(51,52)53)62-43(38)63-72(69,70)26-8-9-26)39(60-33)34(18-22-16-23(49)19-24(50)17-22)59-35(66)20-64-42-37(41(61-64)47(56,57)58)29-10-12-31(29)46(42,54)55/h11,13,16-17,19,25-26,29,31,34H,3-10,12,18,20-21H2,1-2H3,(H,59,66)(H,62,63)/t29-,31+,34-/m0/s1. The average molecular weight is 1070 g/mol. The Morgan fingerprint density at radius 1 is 0.903 bits per heavy atom. The maximum atomic E-state index is 15.9. The van der Waals surface area contributed by atoms with Gasteiger partial charge in [-0.3, -0.25) is 18.9 Å². The molecule has 0 bridgehead atoms. The van der Waals surface area contributed by atoms with Crippen molar-refractivity contribution >= 4 is 54.1 Å². The molecule has 10 rings (SSSR count). The number of fused-ring (bicyclic) bond motifs is 5. The SMILES string of the molecule is CC(C)(C#Cc1nc([C@H](Cc2cc(F)cc(F)c2)NC(=O)Cn2nc(C(F)(F)F)c3c2C(F)(F)[C@@H]2CC[C@H]32)c(-c2ccc(Cl)c3c(NS(=O)(=O)C4CC4)nn(CC(F)(F)F)c23)c2c1CCC2)S(=O)(=O)C1CC1. The van der Waals surface area contributed by atoms with E-state index in [4.69, 9.17) is 16.6 Å². The molecule has 2 aromatic carbocycles. The average Bonchev–Trinajstić information content (AvgIpc) is 4.16. The normalized spacial score (nSPS) is 20.1. The molecule has 3 saturated carbocycles. The molecule has 0 spiro atoms. The molecule has 5 aliphatic carbocycles. The number of hydrogen-bond acceptors (Lipinski definition) is 8. The van der Waals surface area contributed by atoms with Crippen molar-refractivity contribution in [2.45, 2.75) is 137 Å². The third-order valence-corrected chi connectivity index (χ3v) is 19.1. The van der Waals surface area contributed by atoms with Gasteiger partial charge in [0.15, 0.2) is 21.3 Å². The van der Waals surface area contributed by atoms with Gasteiger partial charge in [0.05, 0.1) is 38.2 Å². The number of nitrogens with one attached hydrogen (secondary N) is 2. The summed E-state index contributed by atoms with van der Waals surface area (Å²) in [6.07, 6.45) is -8.71. The second kappa shape index (κ2) is 17.1. The van der Waals surface area contributed by atoms with E-state index in [9.17, 15) is 56.8 Å². The summed E-state index contributed by atoms with van der Waals surface area (Å²) in [5.74, 6) is -4.71. The molecule has 0 aliphatic heterocycles. The molecule has 2 N–H and O–H groups in total. The molecule has 5 aromatic rings. The highest BCUT2D eigenvalue weighted by atomic mass is 35.5. The molecule has 5 aliphatic rings.